The van der Waals surface area contributed by atoms with Crippen molar-refractivity contribution in [1.29, 1.82) is 0 Å². The van der Waals surface area contributed by atoms with E-state index in [9.17, 15) is 18.8 Å². The Hall–Kier alpha value is -3.07. The van der Waals surface area contributed by atoms with Crippen LogP contribution in [0.3, 0.4) is 0 Å². The maximum Gasteiger partial charge on any atom is 0.346 e. The quantitative estimate of drug-likeness (QED) is 0.633. The molecule has 30 heavy (non-hydrogen) atoms. The monoisotopic (exact) mass is 428 g/mol. The third kappa shape index (κ3) is 4.25. The molecule has 0 aliphatic carbocycles. The number of ketones is 1. The summed E-state index contributed by atoms with van der Waals surface area (Å²) in [4.78, 5) is 37.7. The van der Waals surface area contributed by atoms with Gasteiger partial charge in [0.05, 0.1) is 16.3 Å². The average Bonchev–Trinajstić information content (AvgIpc) is 3.27. The van der Waals surface area contributed by atoms with Crippen LogP contribution < -0.4 is 11.0 Å². The molecule has 4 rings (SSSR count). The fourth-order valence-electron chi connectivity index (χ4n) is 3.54. The molecule has 0 saturated heterocycles. The average molecular weight is 428 g/mol. The molecular weight excluding hydrogens is 407 g/mol. The standard InChI is InChI=1S/C21H21FN4O3S/c1-13(27)17-7-8-18(30-17)20(28)23-16-6-9-19-24-26(21(29)25(19)11-10-16)12-14-2-4-15(22)5-3-14/h2-5,7-8,16H,6,9-12H2,1H3,(H,23,28). The minimum Gasteiger partial charge on any atom is -0.349 e. The zero-order chi connectivity index (χ0) is 21.3. The van der Waals surface area contributed by atoms with Crippen LogP contribution in [0.1, 0.15) is 50.5 Å². The molecule has 0 fully saturated rings. The molecule has 1 amide bonds. The molecule has 3 aromatic rings. The van der Waals surface area contributed by atoms with Crippen molar-refractivity contribution in [1.82, 2.24) is 19.7 Å². The Labute approximate surface area is 176 Å². The van der Waals surface area contributed by atoms with Crippen LogP contribution in [-0.2, 0) is 19.5 Å². The van der Waals surface area contributed by atoms with Gasteiger partial charge in [-0.25, -0.2) is 13.9 Å². The summed E-state index contributed by atoms with van der Waals surface area (Å²) in [7, 11) is 0. The first kappa shape index (κ1) is 20.2. The minimum absolute atomic E-state index is 0.0594. The first-order valence-corrected chi connectivity index (χ1v) is 10.5. The van der Waals surface area contributed by atoms with Crippen LogP contribution in [0, 0.1) is 5.82 Å². The Bertz CT molecular complexity index is 1150. The minimum atomic E-state index is -0.320. The number of halogens is 1. The Balaban J connectivity index is 1.41. The van der Waals surface area contributed by atoms with Gasteiger partial charge in [0.25, 0.3) is 5.91 Å². The first-order chi connectivity index (χ1) is 14.4. The number of aromatic nitrogens is 3. The van der Waals surface area contributed by atoms with E-state index in [4.69, 9.17) is 0 Å². The molecule has 0 bridgehead atoms. The number of benzene rings is 1. The lowest BCUT2D eigenvalue weighted by Crippen LogP contribution is -2.35. The summed E-state index contributed by atoms with van der Waals surface area (Å²) in [6.45, 7) is 2.23. The highest BCUT2D eigenvalue weighted by Crippen LogP contribution is 2.18. The van der Waals surface area contributed by atoms with Gasteiger partial charge in [-0.05, 0) is 49.6 Å². The highest BCUT2D eigenvalue weighted by Gasteiger charge is 2.23. The Morgan fingerprint density at radius 1 is 1.17 bits per heavy atom. The van der Waals surface area contributed by atoms with E-state index >= 15 is 0 Å². The smallest absolute Gasteiger partial charge is 0.346 e. The Kier molecular flexibility index (Phi) is 5.63. The number of aryl methyl sites for hydroxylation is 1. The summed E-state index contributed by atoms with van der Waals surface area (Å²) < 4.78 is 16.1. The van der Waals surface area contributed by atoms with Gasteiger partial charge < -0.3 is 5.32 Å². The largest absolute Gasteiger partial charge is 0.349 e. The van der Waals surface area contributed by atoms with Crippen LogP contribution >= 0.6 is 11.3 Å². The molecule has 1 N–H and O–H groups in total. The van der Waals surface area contributed by atoms with Gasteiger partial charge in [0.15, 0.2) is 5.78 Å². The summed E-state index contributed by atoms with van der Waals surface area (Å²) in [5, 5.41) is 7.45. The molecule has 1 aliphatic rings. The summed E-state index contributed by atoms with van der Waals surface area (Å²) in [6.07, 6.45) is 1.86. The normalized spacial score (nSPS) is 16.0. The third-order valence-electron chi connectivity index (χ3n) is 5.17. The predicted octanol–water partition coefficient (Wildman–Crippen LogP) is 2.63. The molecule has 1 unspecified atom stereocenters. The van der Waals surface area contributed by atoms with Crippen molar-refractivity contribution in [2.75, 3.05) is 0 Å². The van der Waals surface area contributed by atoms with Crippen molar-refractivity contribution in [3.63, 3.8) is 0 Å². The van der Waals surface area contributed by atoms with Gasteiger partial charge in [0.2, 0.25) is 0 Å². The van der Waals surface area contributed by atoms with Crippen LogP contribution in [0.5, 0.6) is 0 Å². The number of hydrogen-bond donors (Lipinski definition) is 1. The highest BCUT2D eigenvalue weighted by molar-refractivity contribution is 7.15. The molecular formula is C21H21FN4O3S. The van der Waals surface area contributed by atoms with Crippen LogP contribution in [0.2, 0.25) is 0 Å². The van der Waals surface area contributed by atoms with Gasteiger partial charge in [-0.2, -0.15) is 5.10 Å². The van der Waals surface area contributed by atoms with E-state index in [1.807, 2.05) is 0 Å². The maximum absolute atomic E-state index is 13.1. The Morgan fingerprint density at radius 3 is 2.60 bits per heavy atom. The Morgan fingerprint density at radius 2 is 1.90 bits per heavy atom. The van der Waals surface area contributed by atoms with Crippen molar-refractivity contribution in [3.05, 3.63) is 73.8 Å². The summed E-state index contributed by atoms with van der Waals surface area (Å²) in [5.41, 5.74) is 0.600. The number of rotatable bonds is 5. The molecule has 9 heteroatoms. The number of nitrogens with zero attached hydrogens (tertiary/aromatic N) is 3. The molecule has 3 heterocycles. The van der Waals surface area contributed by atoms with Crippen molar-refractivity contribution < 1.29 is 14.0 Å². The van der Waals surface area contributed by atoms with Gasteiger partial charge in [0.1, 0.15) is 11.6 Å². The third-order valence-corrected chi connectivity index (χ3v) is 6.36. The van der Waals surface area contributed by atoms with E-state index in [-0.39, 0.29) is 35.8 Å². The van der Waals surface area contributed by atoms with Gasteiger partial charge >= 0.3 is 5.69 Å². The summed E-state index contributed by atoms with van der Waals surface area (Å²) in [5.74, 6) is 0.107. The van der Waals surface area contributed by atoms with Crippen LogP contribution in [0.25, 0.3) is 0 Å². The van der Waals surface area contributed by atoms with Crippen molar-refractivity contribution >= 4 is 23.0 Å². The zero-order valence-electron chi connectivity index (χ0n) is 16.4. The zero-order valence-corrected chi connectivity index (χ0v) is 17.2. The molecule has 0 radical (unpaired) electrons. The van der Waals surface area contributed by atoms with E-state index in [0.29, 0.717) is 41.4 Å². The number of carbonyl (C=O) groups excluding carboxylic acids is 2. The van der Waals surface area contributed by atoms with Crippen molar-refractivity contribution in [3.8, 4) is 0 Å². The van der Waals surface area contributed by atoms with Crippen LogP contribution in [-0.4, -0.2) is 32.1 Å². The lowest BCUT2D eigenvalue weighted by atomic mass is 10.1. The van der Waals surface area contributed by atoms with E-state index in [1.165, 1.54) is 35.1 Å². The number of Topliss-reactive ketones (excluding diaryl/α,β-unsaturated/α-hetero) is 1. The summed E-state index contributed by atoms with van der Waals surface area (Å²) >= 11 is 1.18. The number of thiophene rings is 1. The number of fused-ring (bicyclic) bond motifs is 1. The fourth-order valence-corrected chi connectivity index (χ4v) is 4.35. The number of hydrogen-bond acceptors (Lipinski definition) is 5. The molecule has 1 aliphatic heterocycles. The molecule has 0 spiro atoms. The molecule has 0 saturated carbocycles. The van der Waals surface area contributed by atoms with Crippen LogP contribution in [0.4, 0.5) is 4.39 Å². The van der Waals surface area contributed by atoms with Gasteiger partial charge in [-0.3, -0.25) is 14.2 Å². The SMILES string of the molecule is CC(=O)c1ccc(C(=O)NC2CCc3nn(Cc4ccc(F)cc4)c(=O)n3CC2)s1. The molecule has 1 aromatic carbocycles. The van der Waals surface area contributed by atoms with E-state index in [1.54, 1.807) is 28.8 Å². The topological polar surface area (TPSA) is 86.0 Å². The van der Waals surface area contributed by atoms with Gasteiger partial charge in [-0.1, -0.05) is 12.1 Å². The molecule has 1 atom stereocenters. The van der Waals surface area contributed by atoms with Crippen LogP contribution in [0.15, 0.2) is 41.2 Å². The lowest BCUT2D eigenvalue weighted by Gasteiger charge is -2.15. The molecule has 7 nitrogen and oxygen atoms in total. The second kappa shape index (κ2) is 8.35. The van der Waals surface area contributed by atoms with Crippen molar-refractivity contribution in [2.24, 2.45) is 0 Å². The highest BCUT2D eigenvalue weighted by atomic mass is 32.1. The van der Waals surface area contributed by atoms with E-state index in [0.717, 1.165) is 5.56 Å². The number of nitrogens with one attached hydrogen (secondary N) is 1. The second-order valence-corrected chi connectivity index (χ2v) is 8.44. The predicted molar refractivity (Wildman–Crippen MR) is 111 cm³/mol. The van der Waals surface area contributed by atoms with Gasteiger partial charge in [-0.15, -0.1) is 11.3 Å². The second-order valence-electron chi connectivity index (χ2n) is 7.35. The van der Waals surface area contributed by atoms with E-state index < -0.39 is 0 Å². The summed E-state index contributed by atoms with van der Waals surface area (Å²) in [6, 6.07) is 9.25. The van der Waals surface area contributed by atoms with E-state index in [2.05, 4.69) is 10.4 Å². The fraction of sp³-hybridized carbons (Fsp3) is 0.333. The number of carbonyl (C=O) groups is 2. The van der Waals surface area contributed by atoms with Crippen molar-refractivity contribution in [2.45, 2.75) is 45.3 Å². The van der Waals surface area contributed by atoms with Gasteiger partial charge in [0, 0.05) is 19.0 Å². The molecule has 2 aromatic heterocycles. The number of amides is 1. The first-order valence-electron chi connectivity index (χ1n) is 9.73. The maximum atomic E-state index is 13.1. The lowest BCUT2D eigenvalue weighted by molar-refractivity contribution is 0.0936. The molecule has 156 valence electrons.